The first kappa shape index (κ1) is 11.5. The number of hydrogen-bond donors (Lipinski definition) is 3. The van der Waals surface area contributed by atoms with Gasteiger partial charge in [0.25, 0.3) is 0 Å². The van der Waals surface area contributed by atoms with Crippen molar-refractivity contribution >= 4 is 11.5 Å². The fraction of sp³-hybridized carbons (Fsp3) is 0.500. The minimum Gasteiger partial charge on any atom is -0.393 e. The molecular weight excluding hydrogens is 226 g/mol. The summed E-state index contributed by atoms with van der Waals surface area (Å²) in [6, 6.07) is 7.82. The van der Waals surface area contributed by atoms with Crippen LogP contribution in [0.25, 0.3) is 0 Å². The van der Waals surface area contributed by atoms with E-state index in [1.807, 2.05) is 24.3 Å². The molecule has 3 unspecified atom stereocenters. The van der Waals surface area contributed by atoms with Crippen molar-refractivity contribution in [2.75, 3.05) is 18.0 Å². The van der Waals surface area contributed by atoms with Gasteiger partial charge in [-0.1, -0.05) is 0 Å². The first-order valence-electron chi connectivity index (χ1n) is 6.52. The molecule has 1 aromatic rings. The number of nitrogens with two attached hydrogens (primary N) is 1. The van der Waals surface area contributed by atoms with Crippen molar-refractivity contribution in [1.82, 2.24) is 0 Å². The molecule has 0 bridgehead atoms. The molecule has 2 aliphatic rings. The van der Waals surface area contributed by atoms with Crippen LogP contribution in [0.15, 0.2) is 24.3 Å². The second-order valence-corrected chi connectivity index (χ2v) is 5.43. The molecule has 1 saturated carbocycles. The first-order valence-corrected chi connectivity index (χ1v) is 6.52. The van der Waals surface area contributed by atoms with Crippen molar-refractivity contribution in [2.45, 2.75) is 18.9 Å². The lowest BCUT2D eigenvalue weighted by molar-refractivity contribution is 0.133. The van der Waals surface area contributed by atoms with E-state index in [0.29, 0.717) is 11.8 Å². The number of hydrogen-bond acceptors (Lipinski definition) is 3. The van der Waals surface area contributed by atoms with Crippen molar-refractivity contribution in [3.63, 3.8) is 0 Å². The van der Waals surface area contributed by atoms with E-state index in [1.54, 1.807) is 0 Å². The summed E-state index contributed by atoms with van der Waals surface area (Å²) in [5.41, 5.74) is 7.38. The summed E-state index contributed by atoms with van der Waals surface area (Å²) in [6.07, 6.45) is 2.00. The molecule has 1 aromatic carbocycles. The van der Waals surface area contributed by atoms with Gasteiger partial charge in [-0.25, -0.2) is 0 Å². The number of anilines is 1. The van der Waals surface area contributed by atoms with E-state index < -0.39 is 0 Å². The highest BCUT2D eigenvalue weighted by molar-refractivity contribution is 5.95. The predicted octanol–water partition coefficient (Wildman–Crippen LogP) is 1.18. The molecule has 4 nitrogen and oxygen atoms in total. The molecule has 18 heavy (non-hydrogen) atoms. The van der Waals surface area contributed by atoms with Gasteiger partial charge in [-0.05, 0) is 43.0 Å². The Bertz CT molecular complexity index is 457. The van der Waals surface area contributed by atoms with Crippen LogP contribution in [-0.4, -0.2) is 30.1 Å². The molecule has 1 saturated heterocycles. The number of rotatable bonds is 2. The zero-order valence-electron chi connectivity index (χ0n) is 10.3. The Balaban J connectivity index is 1.75. The molecule has 3 atom stereocenters. The third-order valence-corrected chi connectivity index (χ3v) is 4.36. The lowest BCUT2D eigenvalue weighted by atomic mass is 10.00. The van der Waals surface area contributed by atoms with Gasteiger partial charge in [-0.2, -0.15) is 0 Å². The summed E-state index contributed by atoms with van der Waals surface area (Å²) in [5.74, 6) is 1.19. The maximum Gasteiger partial charge on any atom is 0.122 e. The van der Waals surface area contributed by atoms with Crippen molar-refractivity contribution in [3.05, 3.63) is 29.8 Å². The largest absolute Gasteiger partial charge is 0.393 e. The number of aliphatic hydroxyl groups is 1. The molecule has 0 spiro atoms. The van der Waals surface area contributed by atoms with Crippen molar-refractivity contribution in [2.24, 2.45) is 17.6 Å². The first-order chi connectivity index (χ1) is 8.65. The summed E-state index contributed by atoms with van der Waals surface area (Å²) >= 11 is 0. The number of nitrogens with one attached hydrogen (secondary N) is 1. The Morgan fingerprint density at radius 2 is 1.94 bits per heavy atom. The number of aliphatic hydroxyl groups excluding tert-OH is 1. The quantitative estimate of drug-likeness (QED) is 0.541. The highest BCUT2D eigenvalue weighted by atomic mass is 16.3. The van der Waals surface area contributed by atoms with Crippen LogP contribution < -0.4 is 10.6 Å². The average Bonchev–Trinajstić information content (AvgIpc) is 2.92. The van der Waals surface area contributed by atoms with E-state index in [-0.39, 0.29) is 11.9 Å². The number of nitrogen functional groups attached to an aromatic ring is 1. The second kappa shape index (κ2) is 4.28. The Morgan fingerprint density at radius 3 is 2.56 bits per heavy atom. The predicted molar refractivity (Wildman–Crippen MR) is 71.9 cm³/mol. The molecule has 96 valence electrons. The average molecular weight is 245 g/mol. The molecule has 1 aliphatic carbocycles. The maximum absolute atomic E-state index is 9.91. The van der Waals surface area contributed by atoms with Crippen LogP contribution >= 0.6 is 0 Å². The highest BCUT2D eigenvalue weighted by Crippen LogP contribution is 2.39. The molecule has 0 radical (unpaired) electrons. The minimum atomic E-state index is -0.114. The Hall–Kier alpha value is -1.55. The van der Waals surface area contributed by atoms with Crippen LogP contribution in [-0.2, 0) is 0 Å². The van der Waals surface area contributed by atoms with E-state index in [2.05, 4.69) is 4.90 Å². The number of amidine groups is 1. The summed E-state index contributed by atoms with van der Waals surface area (Å²) in [4.78, 5) is 2.33. The van der Waals surface area contributed by atoms with E-state index in [4.69, 9.17) is 11.1 Å². The summed E-state index contributed by atoms with van der Waals surface area (Å²) < 4.78 is 0. The van der Waals surface area contributed by atoms with E-state index >= 15 is 0 Å². The summed E-state index contributed by atoms with van der Waals surface area (Å²) in [6.45, 7) is 1.99. The van der Waals surface area contributed by atoms with Gasteiger partial charge in [0, 0.05) is 30.3 Å². The van der Waals surface area contributed by atoms with Crippen molar-refractivity contribution < 1.29 is 5.11 Å². The topological polar surface area (TPSA) is 73.3 Å². The standard InChI is InChI=1S/C14H19N3O/c15-14(16)9-1-4-11(5-2-9)17-7-10-3-6-13(18)12(10)8-17/h1-2,4-5,10,12-13,18H,3,6-8H2,(H3,15,16). The Labute approximate surface area is 107 Å². The zero-order valence-corrected chi connectivity index (χ0v) is 10.3. The van der Waals surface area contributed by atoms with Crippen LogP contribution in [0.3, 0.4) is 0 Å². The zero-order chi connectivity index (χ0) is 12.7. The van der Waals surface area contributed by atoms with Gasteiger partial charge in [0.05, 0.1) is 6.10 Å². The molecule has 0 amide bonds. The lowest BCUT2D eigenvalue weighted by Gasteiger charge is -2.20. The number of benzene rings is 1. The monoisotopic (exact) mass is 245 g/mol. The molecular formula is C14H19N3O. The van der Waals surface area contributed by atoms with E-state index in [1.165, 1.54) is 5.69 Å². The van der Waals surface area contributed by atoms with Gasteiger partial charge in [0.1, 0.15) is 5.84 Å². The minimum absolute atomic E-state index is 0.107. The van der Waals surface area contributed by atoms with E-state index in [9.17, 15) is 5.11 Å². The molecule has 3 rings (SSSR count). The van der Waals surface area contributed by atoms with Gasteiger partial charge in [-0.3, -0.25) is 5.41 Å². The van der Waals surface area contributed by atoms with Gasteiger partial charge in [0.2, 0.25) is 0 Å². The highest BCUT2D eigenvalue weighted by Gasteiger charge is 2.41. The van der Waals surface area contributed by atoms with Crippen LogP contribution in [0, 0.1) is 17.2 Å². The van der Waals surface area contributed by atoms with Crippen LogP contribution in [0.1, 0.15) is 18.4 Å². The molecule has 1 heterocycles. The number of nitrogens with zero attached hydrogens (tertiary/aromatic N) is 1. The van der Waals surface area contributed by atoms with Crippen molar-refractivity contribution in [1.29, 1.82) is 5.41 Å². The van der Waals surface area contributed by atoms with Crippen molar-refractivity contribution in [3.8, 4) is 0 Å². The summed E-state index contributed by atoms with van der Waals surface area (Å²) in [7, 11) is 0. The molecule has 4 heteroatoms. The fourth-order valence-electron chi connectivity index (χ4n) is 3.30. The van der Waals surface area contributed by atoms with Crippen LogP contribution in [0.2, 0.25) is 0 Å². The Morgan fingerprint density at radius 1 is 1.22 bits per heavy atom. The smallest absolute Gasteiger partial charge is 0.122 e. The number of fused-ring (bicyclic) bond motifs is 1. The third kappa shape index (κ3) is 1.86. The lowest BCUT2D eigenvalue weighted by Crippen LogP contribution is -2.24. The van der Waals surface area contributed by atoms with Gasteiger partial charge >= 0.3 is 0 Å². The van der Waals surface area contributed by atoms with Crippen LogP contribution in [0.4, 0.5) is 5.69 Å². The van der Waals surface area contributed by atoms with Crippen LogP contribution in [0.5, 0.6) is 0 Å². The van der Waals surface area contributed by atoms with E-state index in [0.717, 1.165) is 31.5 Å². The SMILES string of the molecule is N=C(N)c1ccc(N2CC3CCC(O)C3C2)cc1. The molecule has 1 aliphatic heterocycles. The normalized spacial score (nSPS) is 30.5. The third-order valence-electron chi connectivity index (χ3n) is 4.36. The molecule has 0 aromatic heterocycles. The van der Waals surface area contributed by atoms with Gasteiger partial charge in [0.15, 0.2) is 0 Å². The summed E-state index contributed by atoms with van der Waals surface area (Å²) in [5, 5.41) is 17.3. The fourth-order valence-corrected chi connectivity index (χ4v) is 3.30. The molecule has 2 fully saturated rings. The molecule has 4 N–H and O–H groups in total. The van der Waals surface area contributed by atoms with Gasteiger partial charge in [-0.15, -0.1) is 0 Å². The maximum atomic E-state index is 9.91. The van der Waals surface area contributed by atoms with Gasteiger partial charge < -0.3 is 15.7 Å². The Kier molecular flexibility index (Phi) is 2.74. The second-order valence-electron chi connectivity index (χ2n) is 5.43.